The van der Waals surface area contributed by atoms with E-state index in [9.17, 15) is 4.79 Å². The van der Waals surface area contributed by atoms with Crippen molar-refractivity contribution >= 4 is 5.91 Å². The SMILES string of the molecule is O=C(C1CC(c2ccccc2)NN1)N1C2CCNCC1CC2. The van der Waals surface area contributed by atoms with Crippen molar-refractivity contribution in [2.45, 2.75) is 49.9 Å². The van der Waals surface area contributed by atoms with Gasteiger partial charge < -0.3 is 10.2 Å². The molecule has 0 radical (unpaired) electrons. The van der Waals surface area contributed by atoms with E-state index in [1.54, 1.807) is 0 Å². The minimum atomic E-state index is -0.105. The number of nitrogens with zero attached hydrogens (tertiary/aromatic N) is 1. The Morgan fingerprint density at radius 1 is 1.05 bits per heavy atom. The van der Waals surface area contributed by atoms with Gasteiger partial charge in [0, 0.05) is 24.7 Å². The number of amides is 1. The molecule has 3 heterocycles. The van der Waals surface area contributed by atoms with Crippen LogP contribution in [0.4, 0.5) is 0 Å². The number of hydrogen-bond donors (Lipinski definition) is 3. The van der Waals surface area contributed by atoms with Gasteiger partial charge in [0.1, 0.15) is 6.04 Å². The summed E-state index contributed by atoms with van der Waals surface area (Å²) in [6, 6.07) is 11.3. The molecule has 3 aliphatic heterocycles. The molecule has 0 spiro atoms. The van der Waals surface area contributed by atoms with Crippen molar-refractivity contribution in [2.24, 2.45) is 0 Å². The highest BCUT2D eigenvalue weighted by Gasteiger charge is 2.42. The van der Waals surface area contributed by atoms with Crippen LogP contribution in [0.2, 0.25) is 0 Å². The monoisotopic (exact) mass is 300 g/mol. The molecule has 118 valence electrons. The van der Waals surface area contributed by atoms with Crippen LogP contribution in [0.5, 0.6) is 0 Å². The molecule has 3 fully saturated rings. The number of hydrazine groups is 1. The Labute approximate surface area is 131 Å². The van der Waals surface area contributed by atoms with Gasteiger partial charge in [-0.15, -0.1) is 0 Å². The number of carbonyl (C=O) groups excluding carboxylic acids is 1. The maximum absolute atomic E-state index is 13.0. The van der Waals surface area contributed by atoms with Crippen molar-refractivity contribution in [3.8, 4) is 0 Å². The highest BCUT2D eigenvalue weighted by Crippen LogP contribution is 2.31. The fourth-order valence-electron chi connectivity index (χ4n) is 4.14. The second-order valence-corrected chi connectivity index (χ2v) is 6.66. The summed E-state index contributed by atoms with van der Waals surface area (Å²) in [5, 5.41) is 3.46. The Morgan fingerprint density at radius 3 is 2.73 bits per heavy atom. The summed E-state index contributed by atoms with van der Waals surface area (Å²) in [6.07, 6.45) is 4.22. The van der Waals surface area contributed by atoms with Crippen LogP contribution in [0.1, 0.15) is 37.3 Å². The minimum absolute atomic E-state index is 0.105. The average Bonchev–Trinajstić information content (AvgIpc) is 3.12. The maximum atomic E-state index is 13.0. The van der Waals surface area contributed by atoms with Gasteiger partial charge in [-0.3, -0.25) is 4.79 Å². The lowest BCUT2D eigenvalue weighted by atomic mass is 10.0. The van der Waals surface area contributed by atoms with E-state index in [1.807, 2.05) is 18.2 Å². The first-order valence-electron chi connectivity index (χ1n) is 8.42. The molecule has 0 aromatic heterocycles. The van der Waals surface area contributed by atoms with Crippen LogP contribution in [0.3, 0.4) is 0 Å². The fourth-order valence-corrected chi connectivity index (χ4v) is 4.14. The molecular formula is C17H24N4O. The van der Waals surface area contributed by atoms with Crippen molar-refractivity contribution < 1.29 is 4.79 Å². The van der Waals surface area contributed by atoms with Crippen LogP contribution in [0, 0.1) is 0 Å². The molecule has 22 heavy (non-hydrogen) atoms. The molecule has 4 unspecified atom stereocenters. The van der Waals surface area contributed by atoms with Crippen molar-refractivity contribution in [2.75, 3.05) is 13.1 Å². The standard InChI is InChI=1S/C17H24N4O/c22-17(21-13-6-7-14(21)11-18-9-8-13)16-10-15(19-20-16)12-4-2-1-3-5-12/h1-5,13-16,18-20H,6-11H2. The van der Waals surface area contributed by atoms with Crippen LogP contribution in [-0.2, 0) is 4.79 Å². The molecule has 3 saturated heterocycles. The highest BCUT2D eigenvalue weighted by molar-refractivity contribution is 5.83. The van der Waals surface area contributed by atoms with Crippen LogP contribution in [-0.4, -0.2) is 42.0 Å². The summed E-state index contributed by atoms with van der Waals surface area (Å²) in [6.45, 7) is 1.98. The third-order valence-electron chi connectivity index (χ3n) is 5.31. The third kappa shape index (κ3) is 2.53. The lowest BCUT2D eigenvalue weighted by Crippen LogP contribution is -2.51. The van der Waals surface area contributed by atoms with Crippen molar-refractivity contribution in [1.82, 2.24) is 21.1 Å². The number of hydrogen-bond acceptors (Lipinski definition) is 4. The van der Waals surface area contributed by atoms with Crippen LogP contribution in [0.15, 0.2) is 30.3 Å². The first-order valence-corrected chi connectivity index (χ1v) is 8.42. The summed E-state index contributed by atoms with van der Waals surface area (Å²) in [5.74, 6) is 0.280. The average molecular weight is 300 g/mol. The quantitative estimate of drug-likeness (QED) is 0.761. The first kappa shape index (κ1) is 14.2. The van der Waals surface area contributed by atoms with Crippen molar-refractivity contribution in [3.63, 3.8) is 0 Å². The number of fused-ring (bicyclic) bond motifs is 2. The van der Waals surface area contributed by atoms with Crippen LogP contribution in [0.25, 0.3) is 0 Å². The molecule has 4 atom stereocenters. The van der Waals surface area contributed by atoms with E-state index in [0.29, 0.717) is 12.1 Å². The number of carbonyl (C=O) groups is 1. The zero-order chi connectivity index (χ0) is 14.9. The normalized spacial score (nSPS) is 34.6. The van der Waals surface area contributed by atoms with Gasteiger partial charge in [0.15, 0.2) is 0 Å². The number of rotatable bonds is 2. The van der Waals surface area contributed by atoms with Gasteiger partial charge >= 0.3 is 0 Å². The second-order valence-electron chi connectivity index (χ2n) is 6.66. The van der Waals surface area contributed by atoms with E-state index >= 15 is 0 Å². The molecule has 0 aliphatic carbocycles. The summed E-state index contributed by atoms with van der Waals surface area (Å²) in [4.78, 5) is 15.2. The Kier molecular flexibility index (Phi) is 3.86. The molecule has 1 aromatic rings. The Balaban J connectivity index is 1.45. The zero-order valence-corrected chi connectivity index (χ0v) is 12.8. The van der Waals surface area contributed by atoms with Gasteiger partial charge in [0.25, 0.3) is 0 Å². The molecular weight excluding hydrogens is 276 g/mol. The predicted molar refractivity (Wildman–Crippen MR) is 85.0 cm³/mol. The van der Waals surface area contributed by atoms with Gasteiger partial charge in [-0.2, -0.15) is 0 Å². The summed E-state index contributed by atoms with van der Waals surface area (Å²) >= 11 is 0. The smallest absolute Gasteiger partial charge is 0.241 e. The van der Waals surface area contributed by atoms with Gasteiger partial charge in [-0.1, -0.05) is 30.3 Å². The van der Waals surface area contributed by atoms with Crippen molar-refractivity contribution in [3.05, 3.63) is 35.9 Å². The lowest BCUT2D eigenvalue weighted by molar-refractivity contribution is -0.135. The molecule has 1 aromatic carbocycles. The molecule has 5 nitrogen and oxygen atoms in total. The zero-order valence-electron chi connectivity index (χ0n) is 12.8. The van der Waals surface area contributed by atoms with Gasteiger partial charge in [0.05, 0.1) is 0 Å². The van der Waals surface area contributed by atoms with E-state index in [4.69, 9.17) is 0 Å². The molecule has 3 N–H and O–H groups in total. The van der Waals surface area contributed by atoms with Gasteiger partial charge in [-0.25, -0.2) is 10.9 Å². The highest BCUT2D eigenvalue weighted by atomic mass is 16.2. The molecule has 2 bridgehead atoms. The largest absolute Gasteiger partial charge is 0.334 e. The first-order chi connectivity index (χ1) is 10.8. The summed E-state index contributed by atoms with van der Waals surface area (Å²) in [5.41, 5.74) is 7.77. The lowest BCUT2D eigenvalue weighted by Gasteiger charge is -2.30. The van der Waals surface area contributed by atoms with E-state index in [1.165, 1.54) is 12.0 Å². The Hall–Kier alpha value is -1.43. The third-order valence-corrected chi connectivity index (χ3v) is 5.31. The molecule has 3 aliphatic rings. The predicted octanol–water partition coefficient (Wildman–Crippen LogP) is 0.947. The number of benzene rings is 1. The van der Waals surface area contributed by atoms with E-state index in [0.717, 1.165) is 32.4 Å². The van der Waals surface area contributed by atoms with Crippen LogP contribution >= 0.6 is 0 Å². The summed E-state index contributed by atoms with van der Waals surface area (Å²) < 4.78 is 0. The fraction of sp³-hybridized carbons (Fsp3) is 0.588. The molecule has 1 amide bonds. The van der Waals surface area contributed by atoms with E-state index < -0.39 is 0 Å². The van der Waals surface area contributed by atoms with Gasteiger partial charge in [-0.05, 0) is 37.8 Å². The van der Waals surface area contributed by atoms with Crippen molar-refractivity contribution in [1.29, 1.82) is 0 Å². The molecule has 4 rings (SSSR count). The van der Waals surface area contributed by atoms with E-state index in [2.05, 4.69) is 33.2 Å². The Bertz CT molecular complexity index is 521. The second kappa shape index (κ2) is 5.99. The van der Waals surface area contributed by atoms with Crippen LogP contribution < -0.4 is 16.2 Å². The summed E-state index contributed by atoms with van der Waals surface area (Å²) in [7, 11) is 0. The maximum Gasteiger partial charge on any atom is 0.241 e. The minimum Gasteiger partial charge on any atom is -0.334 e. The topological polar surface area (TPSA) is 56.4 Å². The van der Waals surface area contributed by atoms with Gasteiger partial charge in [0.2, 0.25) is 5.91 Å². The Morgan fingerprint density at radius 2 is 1.86 bits per heavy atom. The van der Waals surface area contributed by atoms with E-state index in [-0.39, 0.29) is 18.0 Å². The molecule has 0 saturated carbocycles. The molecule has 5 heteroatoms. The number of nitrogens with one attached hydrogen (secondary N) is 3.